The molecule has 4 bridgehead atoms. The zero-order valence-electron chi connectivity index (χ0n) is 21.8. The molecule has 0 amide bonds. The summed E-state index contributed by atoms with van der Waals surface area (Å²) < 4.78 is 66.3. The number of aliphatic carboxylic acids is 2. The van der Waals surface area contributed by atoms with Crippen LogP contribution in [-0.2, 0) is 9.59 Å². The molecular formula is C26H40F6N2O4. The molecule has 6 nitrogen and oxygen atoms in total. The number of nitrogens with zero attached hydrogens (tertiary/aromatic N) is 2. The normalized spacial score (nSPS) is 31.9. The lowest BCUT2D eigenvalue weighted by atomic mass is 10.00. The second-order valence-corrected chi connectivity index (χ2v) is 11.7. The van der Waals surface area contributed by atoms with Crippen LogP contribution >= 0.6 is 0 Å². The zero-order chi connectivity index (χ0) is 28.2. The predicted molar refractivity (Wildman–Crippen MR) is 122 cm³/mol. The number of carboxylic acids is 2. The van der Waals surface area contributed by atoms with E-state index in [1.165, 1.54) is 64.7 Å². The van der Waals surface area contributed by atoms with Gasteiger partial charge >= 0.3 is 12.4 Å². The number of quaternary nitrogens is 2. The van der Waals surface area contributed by atoms with Crippen LogP contribution in [0.3, 0.4) is 0 Å². The number of hydrogen-bond donors (Lipinski definition) is 0. The lowest BCUT2D eigenvalue weighted by Crippen LogP contribution is -2.56. The summed E-state index contributed by atoms with van der Waals surface area (Å²) in [4.78, 5) is 17.6. The Morgan fingerprint density at radius 3 is 0.868 bits per heavy atom. The molecule has 0 aliphatic carbocycles. The van der Waals surface area contributed by atoms with Gasteiger partial charge in [0.15, 0.2) is 0 Å². The molecule has 2 spiro atoms. The van der Waals surface area contributed by atoms with Crippen LogP contribution in [0, 0.1) is 0 Å². The lowest BCUT2D eigenvalue weighted by molar-refractivity contribution is -0.955. The highest BCUT2D eigenvalue weighted by atomic mass is 19.4. The Kier molecular flexibility index (Phi) is 10.0. The van der Waals surface area contributed by atoms with Crippen molar-refractivity contribution >= 4 is 11.9 Å². The molecule has 6 aliphatic rings. The molecule has 6 fully saturated rings. The minimum absolute atomic E-state index is 1.10. The van der Waals surface area contributed by atoms with E-state index < -0.39 is 24.3 Å². The zero-order valence-corrected chi connectivity index (χ0v) is 21.8. The Morgan fingerprint density at radius 2 is 0.684 bits per heavy atom. The summed E-state index contributed by atoms with van der Waals surface area (Å²) in [5, 5.41) is 17.6. The first-order chi connectivity index (χ1) is 17.7. The fourth-order valence-electron chi connectivity index (χ4n) is 8.49. The quantitative estimate of drug-likeness (QED) is 0.338. The number of halogens is 6. The summed E-state index contributed by atoms with van der Waals surface area (Å²) in [5.74, 6) is -6.01. The lowest BCUT2D eigenvalue weighted by Gasteiger charge is -2.44. The fourth-order valence-corrected chi connectivity index (χ4v) is 8.49. The van der Waals surface area contributed by atoms with E-state index in [0.717, 1.165) is 24.2 Å². The first-order valence-electron chi connectivity index (χ1n) is 14.0. The molecule has 6 rings (SSSR count). The van der Waals surface area contributed by atoms with Crippen molar-refractivity contribution in [2.24, 2.45) is 0 Å². The van der Waals surface area contributed by atoms with E-state index in [1.807, 2.05) is 0 Å². The summed E-state index contributed by atoms with van der Waals surface area (Å²) in [7, 11) is 0. The van der Waals surface area contributed by atoms with Gasteiger partial charge in [-0.1, -0.05) is 0 Å². The van der Waals surface area contributed by atoms with Gasteiger partial charge in [-0.2, -0.15) is 26.3 Å². The van der Waals surface area contributed by atoms with E-state index in [1.54, 1.807) is 60.3 Å². The van der Waals surface area contributed by atoms with Crippen LogP contribution in [0.5, 0.6) is 0 Å². The topological polar surface area (TPSA) is 80.3 Å². The molecule has 38 heavy (non-hydrogen) atoms. The van der Waals surface area contributed by atoms with Gasteiger partial charge in [-0.05, 0) is 38.5 Å². The highest BCUT2D eigenvalue weighted by Gasteiger charge is 2.53. The second-order valence-electron chi connectivity index (χ2n) is 11.7. The molecule has 6 heterocycles. The molecular weight excluding hydrogens is 518 g/mol. The molecule has 0 radical (unpaired) electrons. The SMILES string of the molecule is C1CC2CCC(C1)[N+]21CCCC1.C1CC2CCC(C1)[N+]21CCCC1.O=C([O-])C(F)(F)F.O=C([O-])C(F)(F)F. The maximum atomic E-state index is 10.5. The first kappa shape index (κ1) is 31.0. The second kappa shape index (κ2) is 12.3. The summed E-state index contributed by atoms with van der Waals surface area (Å²) in [5.41, 5.74) is 0. The molecule has 12 heteroatoms. The Bertz CT molecular complexity index is 705. The predicted octanol–water partition coefficient (Wildman–Crippen LogP) is 3.22. The van der Waals surface area contributed by atoms with Crippen LogP contribution < -0.4 is 10.2 Å². The highest BCUT2D eigenvalue weighted by molar-refractivity contribution is 5.71. The van der Waals surface area contributed by atoms with Crippen molar-refractivity contribution in [3.05, 3.63) is 0 Å². The number of hydrogen-bond acceptors (Lipinski definition) is 4. The average molecular weight is 559 g/mol. The smallest absolute Gasteiger partial charge is 0.430 e. The number of alkyl halides is 6. The van der Waals surface area contributed by atoms with Crippen molar-refractivity contribution in [3.63, 3.8) is 0 Å². The third-order valence-electron chi connectivity index (χ3n) is 9.99. The maximum absolute atomic E-state index is 10.5. The van der Waals surface area contributed by atoms with Crippen molar-refractivity contribution in [2.75, 3.05) is 26.2 Å². The minimum atomic E-state index is -5.19. The van der Waals surface area contributed by atoms with Crippen LogP contribution in [0.2, 0.25) is 0 Å². The molecule has 0 aromatic heterocycles. The molecule has 0 N–H and O–H groups in total. The van der Waals surface area contributed by atoms with Gasteiger partial charge in [0, 0.05) is 51.4 Å². The van der Waals surface area contributed by atoms with Gasteiger partial charge in [0.25, 0.3) is 0 Å². The van der Waals surface area contributed by atoms with E-state index in [9.17, 15) is 26.3 Å². The van der Waals surface area contributed by atoms with E-state index in [0.29, 0.717) is 0 Å². The molecule has 4 unspecified atom stereocenters. The summed E-state index contributed by atoms with van der Waals surface area (Å²) in [6.45, 7) is 6.15. The molecule has 6 aliphatic heterocycles. The number of carbonyl (C=O) groups excluding carboxylic acids is 2. The summed E-state index contributed by atoms with van der Waals surface area (Å²) in [6, 6.07) is 4.41. The third kappa shape index (κ3) is 6.95. The van der Waals surface area contributed by atoms with Crippen LogP contribution in [0.15, 0.2) is 0 Å². The van der Waals surface area contributed by atoms with Crippen molar-refractivity contribution in [1.29, 1.82) is 0 Å². The van der Waals surface area contributed by atoms with Gasteiger partial charge in [0.05, 0.1) is 50.3 Å². The molecule has 0 aromatic rings. The van der Waals surface area contributed by atoms with E-state index in [2.05, 4.69) is 0 Å². The number of carbonyl (C=O) groups is 2. The Hall–Kier alpha value is -1.56. The molecule has 0 saturated carbocycles. The monoisotopic (exact) mass is 558 g/mol. The Labute approximate surface area is 220 Å². The standard InChI is InChI=1S/2C11H20N.2C2HF3O2/c2*1-2-9-12(8-1)10-4-3-5-11(12)7-6-10;2*3-2(4,5)1(6)7/h2*10-11H,1-9H2;2*(H,6,7)/q2*+1;;/p-2. The van der Waals surface area contributed by atoms with Gasteiger partial charge < -0.3 is 28.8 Å². The largest absolute Gasteiger partial charge is 0.542 e. The third-order valence-corrected chi connectivity index (χ3v) is 9.99. The summed E-state index contributed by atoms with van der Waals surface area (Å²) >= 11 is 0. The minimum Gasteiger partial charge on any atom is -0.542 e. The van der Waals surface area contributed by atoms with Crippen molar-refractivity contribution < 1.29 is 55.1 Å². The van der Waals surface area contributed by atoms with Gasteiger partial charge in [-0.25, -0.2) is 0 Å². The van der Waals surface area contributed by atoms with Crippen molar-refractivity contribution in [3.8, 4) is 0 Å². The average Bonchev–Trinajstić information content (AvgIpc) is 3.56. The van der Waals surface area contributed by atoms with Crippen LogP contribution in [0.25, 0.3) is 0 Å². The van der Waals surface area contributed by atoms with Crippen molar-refractivity contribution in [2.45, 2.75) is 126 Å². The molecule has 0 aromatic carbocycles. The Morgan fingerprint density at radius 1 is 0.474 bits per heavy atom. The molecule has 4 atom stereocenters. The maximum Gasteiger partial charge on any atom is 0.430 e. The van der Waals surface area contributed by atoms with Gasteiger partial charge in [0.2, 0.25) is 0 Å². The van der Waals surface area contributed by atoms with Gasteiger partial charge in [-0.15, -0.1) is 0 Å². The van der Waals surface area contributed by atoms with Gasteiger partial charge in [0.1, 0.15) is 11.9 Å². The van der Waals surface area contributed by atoms with Gasteiger partial charge in [-0.3, -0.25) is 0 Å². The first-order valence-corrected chi connectivity index (χ1v) is 14.0. The van der Waals surface area contributed by atoms with E-state index >= 15 is 0 Å². The highest BCUT2D eigenvalue weighted by Crippen LogP contribution is 2.46. The fraction of sp³-hybridized carbons (Fsp3) is 0.923. The number of carboxylic acid groups (broad SMARTS) is 2. The molecule has 6 saturated heterocycles. The van der Waals surface area contributed by atoms with Crippen LogP contribution in [0.1, 0.15) is 89.9 Å². The van der Waals surface area contributed by atoms with Crippen LogP contribution in [-0.4, -0.2) is 83.6 Å². The van der Waals surface area contributed by atoms with E-state index in [-0.39, 0.29) is 0 Å². The van der Waals surface area contributed by atoms with Crippen molar-refractivity contribution in [1.82, 2.24) is 0 Å². The number of piperidine rings is 2. The van der Waals surface area contributed by atoms with E-state index in [4.69, 9.17) is 19.8 Å². The Balaban J connectivity index is 0.000000146. The summed E-state index contributed by atoms with van der Waals surface area (Å²) in [6.07, 6.45) is 11.2. The number of rotatable bonds is 0. The van der Waals surface area contributed by atoms with Crippen LogP contribution in [0.4, 0.5) is 26.3 Å². The molecule has 220 valence electrons.